The molecule has 2 fully saturated rings. The Morgan fingerprint density at radius 2 is 0.833 bits per heavy atom. The van der Waals surface area contributed by atoms with E-state index in [2.05, 4.69) is 123 Å². The fourth-order valence-electron chi connectivity index (χ4n) is 9.04. The number of allylic oxidation sites excluding steroid dienone is 4. The Hall–Kier alpha value is -4.70. The van der Waals surface area contributed by atoms with Crippen LogP contribution in [-0.4, -0.2) is 23.7 Å². The van der Waals surface area contributed by atoms with Gasteiger partial charge in [-0.05, 0) is 85.8 Å². The number of anilines is 2. The average molecular weight is 719 g/mol. The first kappa shape index (κ1) is 37.6. The van der Waals surface area contributed by atoms with Crippen molar-refractivity contribution in [1.82, 2.24) is 0 Å². The van der Waals surface area contributed by atoms with Crippen molar-refractivity contribution in [2.75, 3.05) is 10.6 Å². The van der Waals surface area contributed by atoms with E-state index in [1.807, 2.05) is 12.1 Å². The van der Waals surface area contributed by atoms with Gasteiger partial charge in [0.25, 0.3) is 0 Å². The number of hydrogen-bond donors (Lipinski definition) is 2. The van der Waals surface area contributed by atoms with Crippen molar-refractivity contribution in [3.8, 4) is 22.3 Å². The average Bonchev–Trinajstić information content (AvgIpc) is 3.61. The summed E-state index contributed by atoms with van der Waals surface area (Å²) in [6.07, 6.45) is 14.0. The summed E-state index contributed by atoms with van der Waals surface area (Å²) >= 11 is 0. The van der Waals surface area contributed by atoms with Crippen molar-refractivity contribution in [3.05, 3.63) is 119 Å². The van der Waals surface area contributed by atoms with Crippen molar-refractivity contribution < 1.29 is 9.59 Å². The number of nitrogens with one attached hydrogen (secondary N) is 2. The van der Waals surface area contributed by atoms with Crippen molar-refractivity contribution in [1.29, 1.82) is 0 Å². The molecule has 0 heterocycles. The van der Waals surface area contributed by atoms with E-state index in [4.69, 9.17) is 0 Å². The van der Waals surface area contributed by atoms with Crippen molar-refractivity contribution >= 4 is 34.1 Å². The Labute approximate surface area is 323 Å². The molecule has 0 radical (unpaired) electrons. The van der Waals surface area contributed by atoms with Gasteiger partial charge in [-0.1, -0.05) is 148 Å². The molecule has 0 bridgehead atoms. The fourth-order valence-corrected chi connectivity index (χ4v) is 9.04. The number of carbonyl (C=O) groups excluding carboxylic acids is 2. The molecule has 54 heavy (non-hydrogen) atoms. The van der Waals surface area contributed by atoms with Crippen LogP contribution in [-0.2, 0) is 9.59 Å². The minimum absolute atomic E-state index is 0.291. The molecule has 4 heteroatoms. The molecule has 4 aromatic rings. The van der Waals surface area contributed by atoms with E-state index < -0.39 is 0 Å². The molecule has 4 aliphatic rings. The van der Waals surface area contributed by atoms with E-state index in [1.54, 1.807) is 0 Å². The molecule has 2 atom stereocenters. The topological polar surface area (TPSA) is 58.2 Å². The number of Topliss-reactive ketones (excluding diaryl/α,β-unsaturated/α-hetero) is 2. The molecule has 0 aromatic heterocycles. The lowest BCUT2D eigenvalue weighted by Gasteiger charge is -2.26. The summed E-state index contributed by atoms with van der Waals surface area (Å²) in [5.74, 6) is 1.28. The first-order chi connectivity index (χ1) is 26.3. The molecule has 4 aromatic carbocycles. The first-order valence-electron chi connectivity index (χ1n) is 20.7. The summed E-state index contributed by atoms with van der Waals surface area (Å²) in [7, 11) is 0. The van der Waals surface area contributed by atoms with Gasteiger partial charge in [0, 0.05) is 58.6 Å². The van der Waals surface area contributed by atoms with Gasteiger partial charge in [0.2, 0.25) is 0 Å². The maximum absolute atomic E-state index is 12.7. The summed E-state index contributed by atoms with van der Waals surface area (Å²) in [5.41, 5.74) is 13.6. The molecule has 280 valence electrons. The molecule has 4 aliphatic carbocycles. The molecular weight excluding hydrogens is 661 g/mol. The largest absolute Gasteiger partial charge is 0.382 e. The highest BCUT2D eigenvalue weighted by Crippen LogP contribution is 2.42. The van der Waals surface area contributed by atoms with Crippen molar-refractivity contribution in [2.45, 2.75) is 117 Å². The van der Waals surface area contributed by atoms with Crippen molar-refractivity contribution in [3.63, 3.8) is 0 Å². The van der Waals surface area contributed by atoms with Crippen LogP contribution in [0.25, 0.3) is 33.4 Å². The maximum atomic E-state index is 12.7. The third kappa shape index (κ3) is 8.49. The lowest BCUT2D eigenvalue weighted by atomic mass is 9.92. The lowest BCUT2D eigenvalue weighted by molar-refractivity contribution is -0.114. The predicted molar refractivity (Wildman–Crippen MR) is 228 cm³/mol. The Morgan fingerprint density at radius 1 is 0.463 bits per heavy atom. The van der Waals surface area contributed by atoms with Gasteiger partial charge in [0.05, 0.1) is 0 Å². The zero-order valence-electron chi connectivity index (χ0n) is 32.8. The molecule has 2 N–H and O–H groups in total. The van der Waals surface area contributed by atoms with Crippen molar-refractivity contribution in [2.24, 2.45) is 11.8 Å². The molecule has 8 rings (SSSR count). The van der Waals surface area contributed by atoms with Crippen LogP contribution in [0.2, 0.25) is 0 Å². The Bertz CT molecular complexity index is 1870. The Balaban J connectivity index is 0.000000167. The predicted octanol–water partition coefficient (Wildman–Crippen LogP) is 13.0. The monoisotopic (exact) mass is 718 g/mol. The normalized spacial score (nSPS) is 21.0. The highest BCUT2D eigenvalue weighted by Gasteiger charge is 2.31. The third-order valence-electron chi connectivity index (χ3n) is 12.5. The number of hydrogen-bond acceptors (Lipinski definition) is 4. The van der Waals surface area contributed by atoms with Gasteiger partial charge in [-0.25, -0.2) is 0 Å². The van der Waals surface area contributed by atoms with Gasteiger partial charge in [-0.3, -0.25) is 9.59 Å². The van der Waals surface area contributed by atoms with Crippen LogP contribution in [0.3, 0.4) is 0 Å². The van der Waals surface area contributed by atoms with Crippen LogP contribution >= 0.6 is 0 Å². The zero-order valence-corrected chi connectivity index (χ0v) is 32.8. The van der Waals surface area contributed by atoms with Crippen LogP contribution in [0.5, 0.6) is 0 Å². The number of benzene rings is 4. The smallest absolute Gasteiger partial charge is 0.164 e. The minimum Gasteiger partial charge on any atom is -0.382 e. The summed E-state index contributed by atoms with van der Waals surface area (Å²) < 4.78 is 0. The van der Waals surface area contributed by atoms with E-state index >= 15 is 0 Å². The summed E-state index contributed by atoms with van der Waals surface area (Å²) in [5, 5.41) is 7.61. The van der Waals surface area contributed by atoms with Gasteiger partial charge in [-0.15, -0.1) is 0 Å². The lowest BCUT2D eigenvalue weighted by Crippen LogP contribution is -2.23. The zero-order chi connectivity index (χ0) is 37.6. The molecule has 4 nitrogen and oxygen atoms in total. The van der Waals surface area contributed by atoms with E-state index in [-0.39, 0.29) is 0 Å². The van der Waals surface area contributed by atoms with Crippen LogP contribution in [0.1, 0.15) is 116 Å². The molecule has 0 spiro atoms. The highest BCUT2D eigenvalue weighted by molar-refractivity contribution is 6.26. The van der Waals surface area contributed by atoms with Crippen LogP contribution < -0.4 is 10.6 Å². The van der Waals surface area contributed by atoms with E-state index in [9.17, 15) is 9.59 Å². The van der Waals surface area contributed by atoms with E-state index in [1.165, 1.54) is 97.6 Å². The molecular formula is C50H58N2O2. The number of ketones is 2. The molecule has 2 unspecified atom stereocenters. The van der Waals surface area contributed by atoms with Crippen LogP contribution in [0, 0.1) is 11.8 Å². The van der Waals surface area contributed by atoms with Gasteiger partial charge < -0.3 is 10.6 Å². The van der Waals surface area contributed by atoms with Crippen LogP contribution in [0.4, 0.5) is 11.4 Å². The van der Waals surface area contributed by atoms with E-state index in [0.717, 1.165) is 33.6 Å². The molecule has 2 saturated carbocycles. The second-order valence-corrected chi connectivity index (χ2v) is 16.4. The van der Waals surface area contributed by atoms with Gasteiger partial charge >= 0.3 is 0 Å². The standard InChI is InChI=1S/2C25H29NO/c2*1-17-15-24(27)25(18(17)2)22-14-13-20(19-9-5-3-6-10-19)16-23(22)26-21-11-7-4-8-12-21/h2*3,5-6,9-10,13-14,16-17,21,26H,4,7-8,11-12,15H2,1-2H3. The van der Waals surface area contributed by atoms with Gasteiger partial charge in [0.15, 0.2) is 11.6 Å². The fraction of sp³-hybridized carbons (Fsp3) is 0.400. The summed E-state index contributed by atoms with van der Waals surface area (Å²) in [4.78, 5) is 25.4. The van der Waals surface area contributed by atoms with Gasteiger partial charge in [0.1, 0.15) is 0 Å². The number of carbonyl (C=O) groups is 2. The SMILES string of the molecule is CC1=C(c2ccc(-c3ccccc3)cc2NC2CCCCC2)C(=O)CC1C.CC1=C(c2ccc(-c3ccccc3)cc2NC2CCCCC2)C(=O)CC1C. The first-order valence-corrected chi connectivity index (χ1v) is 20.7. The molecule has 0 amide bonds. The third-order valence-corrected chi connectivity index (χ3v) is 12.5. The minimum atomic E-state index is 0.291. The summed E-state index contributed by atoms with van der Waals surface area (Å²) in [6.45, 7) is 8.57. The highest BCUT2D eigenvalue weighted by atomic mass is 16.1. The Kier molecular flexibility index (Phi) is 12.0. The maximum Gasteiger partial charge on any atom is 0.164 e. The number of rotatable bonds is 8. The van der Waals surface area contributed by atoms with Gasteiger partial charge in [-0.2, -0.15) is 0 Å². The Morgan fingerprint density at radius 3 is 1.17 bits per heavy atom. The molecule has 0 aliphatic heterocycles. The van der Waals surface area contributed by atoms with Crippen LogP contribution in [0.15, 0.2) is 108 Å². The quantitative estimate of drug-likeness (QED) is 0.190. The van der Waals surface area contributed by atoms with E-state index in [0.29, 0.717) is 48.3 Å². The second-order valence-electron chi connectivity index (χ2n) is 16.4. The summed E-state index contributed by atoms with van der Waals surface area (Å²) in [6, 6.07) is 35.1. The molecule has 0 saturated heterocycles. The second kappa shape index (κ2) is 17.2.